The number of aromatic nitrogens is 1. The normalized spacial score (nSPS) is 19.0. The molecule has 0 spiro atoms. The molecule has 1 aliphatic heterocycles. The zero-order valence-corrected chi connectivity index (χ0v) is 12.8. The molecular formula is C17H21FN2O. The molecule has 3 rings (SSSR count). The van der Waals surface area contributed by atoms with Gasteiger partial charge < -0.3 is 4.42 Å². The number of nitrogens with zero attached hydrogens (tertiary/aromatic N) is 2. The number of fused-ring (bicyclic) bond motifs is 1. The molecule has 2 aromatic rings. The van der Waals surface area contributed by atoms with Crippen molar-refractivity contribution in [3.05, 3.63) is 53.0 Å². The molecule has 21 heavy (non-hydrogen) atoms. The largest absolute Gasteiger partial charge is 0.448 e. The molecule has 0 radical (unpaired) electrons. The van der Waals surface area contributed by atoms with Crippen LogP contribution in [0.3, 0.4) is 0 Å². The van der Waals surface area contributed by atoms with Gasteiger partial charge in [0.1, 0.15) is 12.1 Å². The van der Waals surface area contributed by atoms with Gasteiger partial charge in [-0.1, -0.05) is 19.9 Å². The summed E-state index contributed by atoms with van der Waals surface area (Å²) >= 11 is 0. The highest BCUT2D eigenvalue weighted by atomic mass is 19.1. The van der Waals surface area contributed by atoms with E-state index in [9.17, 15) is 4.39 Å². The topological polar surface area (TPSA) is 29.3 Å². The maximum absolute atomic E-state index is 13.5. The highest BCUT2D eigenvalue weighted by Crippen LogP contribution is 2.31. The molecule has 4 heteroatoms. The Morgan fingerprint density at radius 1 is 1.43 bits per heavy atom. The predicted octanol–water partition coefficient (Wildman–Crippen LogP) is 4.06. The Bertz CT molecular complexity index is 635. The lowest BCUT2D eigenvalue weighted by Crippen LogP contribution is -2.33. The van der Waals surface area contributed by atoms with E-state index < -0.39 is 0 Å². The maximum atomic E-state index is 13.5. The minimum Gasteiger partial charge on any atom is -0.448 e. The van der Waals surface area contributed by atoms with Gasteiger partial charge in [0.25, 0.3) is 0 Å². The summed E-state index contributed by atoms with van der Waals surface area (Å²) in [7, 11) is 0. The molecule has 0 aliphatic carbocycles. The van der Waals surface area contributed by atoms with Gasteiger partial charge in [0.05, 0.1) is 5.69 Å². The summed E-state index contributed by atoms with van der Waals surface area (Å²) < 4.78 is 19.0. The van der Waals surface area contributed by atoms with E-state index in [4.69, 9.17) is 4.42 Å². The van der Waals surface area contributed by atoms with Crippen molar-refractivity contribution < 1.29 is 8.81 Å². The average molecular weight is 288 g/mol. The first-order chi connectivity index (χ1) is 10.0. The smallest absolute Gasteiger partial charge is 0.196 e. The first-order valence-electron chi connectivity index (χ1n) is 7.51. The average Bonchev–Trinajstić information content (AvgIpc) is 2.91. The summed E-state index contributed by atoms with van der Waals surface area (Å²) in [6, 6.07) is 5.32. The lowest BCUT2D eigenvalue weighted by atomic mass is 9.93. The Morgan fingerprint density at radius 3 is 2.95 bits per heavy atom. The summed E-state index contributed by atoms with van der Waals surface area (Å²) in [6.45, 7) is 7.97. The fourth-order valence-corrected chi connectivity index (χ4v) is 2.92. The van der Waals surface area contributed by atoms with Crippen molar-refractivity contribution in [1.29, 1.82) is 0 Å². The van der Waals surface area contributed by atoms with Crippen molar-refractivity contribution in [3.63, 3.8) is 0 Å². The summed E-state index contributed by atoms with van der Waals surface area (Å²) in [6.07, 6.45) is 2.69. The molecular weight excluding hydrogens is 267 g/mol. The van der Waals surface area contributed by atoms with Gasteiger partial charge in [0.15, 0.2) is 5.89 Å². The van der Waals surface area contributed by atoms with Crippen molar-refractivity contribution in [2.75, 3.05) is 6.54 Å². The van der Waals surface area contributed by atoms with Crippen LogP contribution >= 0.6 is 0 Å². The van der Waals surface area contributed by atoms with Crippen molar-refractivity contribution in [2.45, 2.75) is 45.7 Å². The number of hydrogen-bond donors (Lipinski definition) is 0. The van der Waals surface area contributed by atoms with Gasteiger partial charge in [0, 0.05) is 25.0 Å². The van der Waals surface area contributed by atoms with Gasteiger partial charge >= 0.3 is 0 Å². The Kier molecular flexibility index (Phi) is 3.81. The van der Waals surface area contributed by atoms with Crippen LogP contribution in [0, 0.1) is 5.82 Å². The van der Waals surface area contributed by atoms with Crippen LogP contribution in [-0.2, 0) is 13.0 Å². The Balaban J connectivity index is 1.78. The van der Waals surface area contributed by atoms with E-state index in [1.54, 1.807) is 18.4 Å². The number of halogens is 1. The van der Waals surface area contributed by atoms with Crippen molar-refractivity contribution in [1.82, 2.24) is 9.88 Å². The molecule has 0 saturated carbocycles. The molecule has 1 aromatic heterocycles. The van der Waals surface area contributed by atoms with Gasteiger partial charge in [-0.25, -0.2) is 9.37 Å². The van der Waals surface area contributed by atoms with E-state index in [0.717, 1.165) is 36.7 Å². The third kappa shape index (κ3) is 2.86. The number of oxazole rings is 1. The molecule has 0 bridgehead atoms. The van der Waals surface area contributed by atoms with Gasteiger partial charge in [-0.05, 0) is 36.6 Å². The van der Waals surface area contributed by atoms with Crippen LogP contribution in [0.4, 0.5) is 4.39 Å². The van der Waals surface area contributed by atoms with Crippen LogP contribution in [0.1, 0.15) is 55.4 Å². The van der Waals surface area contributed by atoms with E-state index in [0.29, 0.717) is 5.92 Å². The second-order valence-electron chi connectivity index (χ2n) is 6.07. The summed E-state index contributed by atoms with van der Waals surface area (Å²) in [5.74, 6) is 0.916. The summed E-state index contributed by atoms with van der Waals surface area (Å²) in [4.78, 5) is 6.85. The highest BCUT2D eigenvalue weighted by Gasteiger charge is 2.25. The molecule has 1 atom stereocenters. The highest BCUT2D eigenvalue weighted by molar-refractivity contribution is 5.32. The van der Waals surface area contributed by atoms with E-state index in [-0.39, 0.29) is 11.9 Å². The monoisotopic (exact) mass is 288 g/mol. The van der Waals surface area contributed by atoms with Gasteiger partial charge in [0.2, 0.25) is 0 Å². The van der Waals surface area contributed by atoms with Crippen LogP contribution in [0.5, 0.6) is 0 Å². The minimum atomic E-state index is -0.161. The molecule has 3 nitrogen and oxygen atoms in total. The quantitative estimate of drug-likeness (QED) is 0.853. The minimum absolute atomic E-state index is 0.161. The van der Waals surface area contributed by atoms with E-state index in [1.165, 1.54) is 5.56 Å². The molecule has 1 aliphatic rings. The van der Waals surface area contributed by atoms with Gasteiger partial charge in [-0.3, -0.25) is 4.90 Å². The van der Waals surface area contributed by atoms with Crippen LogP contribution in [0.2, 0.25) is 0 Å². The predicted molar refractivity (Wildman–Crippen MR) is 79.5 cm³/mol. The number of benzene rings is 1. The third-order valence-corrected chi connectivity index (χ3v) is 4.20. The lowest BCUT2D eigenvalue weighted by molar-refractivity contribution is 0.187. The second-order valence-corrected chi connectivity index (χ2v) is 6.07. The SMILES string of the molecule is CC(C)c1nc(CN2CCc3ccc(F)cc3[C@@H]2C)co1. The maximum Gasteiger partial charge on any atom is 0.196 e. The molecule has 2 heterocycles. The zero-order valence-electron chi connectivity index (χ0n) is 12.8. The van der Waals surface area contributed by atoms with Crippen LogP contribution in [-0.4, -0.2) is 16.4 Å². The lowest BCUT2D eigenvalue weighted by Gasteiger charge is -2.34. The van der Waals surface area contributed by atoms with Crippen LogP contribution < -0.4 is 0 Å². The molecule has 0 unspecified atom stereocenters. The molecule has 112 valence electrons. The standard InChI is InChI=1S/C17H21FN2O/c1-11(2)17-19-15(10-21-17)9-20-7-6-13-4-5-14(18)8-16(13)12(20)3/h4-5,8,10-12H,6-7,9H2,1-3H3/t12-/m0/s1. The van der Waals surface area contributed by atoms with Crippen LogP contribution in [0.15, 0.2) is 28.9 Å². The van der Waals surface area contributed by atoms with E-state index in [2.05, 4.69) is 30.7 Å². The Labute approximate surface area is 124 Å². The molecule has 0 amide bonds. The Morgan fingerprint density at radius 2 is 2.24 bits per heavy atom. The van der Waals surface area contributed by atoms with Crippen molar-refractivity contribution in [2.24, 2.45) is 0 Å². The molecule has 0 N–H and O–H groups in total. The number of rotatable bonds is 3. The molecule has 1 aromatic carbocycles. The van der Waals surface area contributed by atoms with Crippen molar-refractivity contribution >= 4 is 0 Å². The van der Waals surface area contributed by atoms with Gasteiger partial charge in [-0.15, -0.1) is 0 Å². The first kappa shape index (κ1) is 14.3. The summed E-state index contributed by atoms with van der Waals surface area (Å²) in [5, 5.41) is 0. The Hall–Kier alpha value is -1.68. The third-order valence-electron chi connectivity index (χ3n) is 4.20. The zero-order chi connectivity index (χ0) is 15.0. The first-order valence-corrected chi connectivity index (χ1v) is 7.51. The van der Waals surface area contributed by atoms with Crippen LogP contribution in [0.25, 0.3) is 0 Å². The van der Waals surface area contributed by atoms with Crippen molar-refractivity contribution in [3.8, 4) is 0 Å². The van der Waals surface area contributed by atoms with Gasteiger partial charge in [-0.2, -0.15) is 0 Å². The fraction of sp³-hybridized carbons (Fsp3) is 0.471. The summed E-state index contributed by atoms with van der Waals surface area (Å²) in [5.41, 5.74) is 3.29. The second kappa shape index (κ2) is 5.60. The fourth-order valence-electron chi connectivity index (χ4n) is 2.92. The molecule has 0 saturated heterocycles. The number of hydrogen-bond acceptors (Lipinski definition) is 3. The van der Waals surface area contributed by atoms with E-state index >= 15 is 0 Å². The molecule has 0 fully saturated rings. The van der Waals surface area contributed by atoms with E-state index in [1.807, 2.05) is 6.07 Å².